The van der Waals surface area contributed by atoms with E-state index in [1.54, 1.807) is 4.31 Å². The summed E-state index contributed by atoms with van der Waals surface area (Å²) in [6, 6.07) is 0.242. The number of piperidine rings is 1. The number of carbonyl (C=O) groups is 1. The van der Waals surface area contributed by atoms with Crippen LogP contribution in [0.4, 0.5) is 0 Å². The maximum atomic E-state index is 12.2. The third-order valence-electron chi connectivity index (χ3n) is 5.09. The summed E-state index contributed by atoms with van der Waals surface area (Å²) in [6.07, 6.45) is 6.95. The fourth-order valence-electron chi connectivity index (χ4n) is 3.68. The molecule has 1 aliphatic carbocycles. The molecule has 0 bridgehead atoms. The van der Waals surface area contributed by atoms with Crippen molar-refractivity contribution in [3.63, 3.8) is 0 Å². The minimum absolute atomic E-state index is 0. The Bertz CT molecular complexity index is 493. The van der Waals surface area contributed by atoms with Crippen LogP contribution in [0.2, 0.25) is 0 Å². The van der Waals surface area contributed by atoms with Crippen LogP contribution in [-0.4, -0.2) is 49.6 Å². The number of sulfonamides is 1. The van der Waals surface area contributed by atoms with Gasteiger partial charge in [0, 0.05) is 31.6 Å². The number of amides is 1. The van der Waals surface area contributed by atoms with Gasteiger partial charge in [-0.15, -0.1) is 12.4 Å². The lowest BCUT2D eigenvalue weighted by Gasteiger charge is -2.32. The molecule has 0 aromatic carbocycles. The number of rotatable bonds is 6. The normalized spacial score (nSPS) is 26.6. The summed E-state index contributed by atoms with van der Waals surface area (Å²) in [5, 5.41) is 3.07. The Balaban J connectivity index is 0.00000288. The van der Waals surface area contributed by atoms with Crippen molar-refractivity contribution in [1.82, 2.24) is 9.62 Å². The van der Waals surface area contributed by atoms with E-state index in [1.807, 2.05) is 6.92 Å². The molecule has 6 nitrogen and oxygen atoms in total. The molecule has 8 heteroatoms. The number of nitrogens with zero attached hydrogens (tertiary/aromatic N) is 1. The first-order chi connectivity index (χ1) is 10.9. The molecule has 3 N–H and O–H groups in total. The first kappa shape index (κ1) is 21.7. The molecule has 24 heavy (non-hydrogen) atoms. The molecule has 0 spiro atoms. The number of carbonyl (C=O) groups excluding carboxylic acids is 1. The van der Waals surface area contributed by atoms with Crippen molar-refractivity contribution in [3.8, 4) is 0 Å². The largest absolute Gasteiger partial charge is 0.353 e. The van der Waals surface area contributed by atoms with Gasteiger partial charge in [-0.2, -0.15) is 0 Å². The molecule has 1 saturated carbocycles. The first-order valence-corrected chi connectivity index (χ1v) is 10.6. The van der Waals surface area contributed by atoms with Gasteiger partial charge in [-0.05, 0) is 38.0 Å². The summed E-state index contributed by atoms with van der Waals surface area (Å²) in [6.45, 7) is 2.90. The van der Waals surface area contributed by atoms with Crippen LogP contribution in [-0.2, 0) is 14.8 Å². The van der Waals surface area contributed by atoms with E-state index in [9.17, 15) is 13.2 Å². The van der Waals surface area contributed by atoms with Crippen molar-refractivity contribution >= 4 is 28.3 Å². The minimum atomic E-state index is -3.11. The molecule has 2 unspecified atom stereocenters. The van der Waals surface area contributed by atoms with E-state index in [0.717, 1.165) is 12.8 Å². The van der Waals surface area contributed by atoms with Gasteiger partial charge in [-0.1, -0.05) is 19.8 Å². The lowest BCUT2D eigenvalue weighted by Crippen LogP contribution is -2.47. The zero-order chi connectivity index (χ0) is 16.9. The van der Waals surface area contributed by atoms with Gasteiger partial charge in [0.1, 0.15) is 0 Å². The predicted octanol–water partition coefficient (Wildman–Crippen LogP) is 1.64. The van der Waals surface area contributed by atoms with E-state index >= 15 is 0 Å². The Morgan fingerprint density at radius 1 is 1.17 bits per heavy atom. The summed E-state index contributed by atoms with van der Waals surface area (Å²) in [5.74, 6) is 0.583. The fraction of sp³-hybridized carbons (Fsp3) is 0.938. The van der Waals surface area contributed by atoms with Gasteiger partial charge in [-0.25, -0.2) is 12.7 Å². The molecule has 2 rings (SSSR count). The monoisotopic (exact) mass is 381 g/mol. The van der Waals surface area contributed by atoms with Crippen molar-refractivity contribution in [2.75, 3.05) is 18.8 Å². The van der Waals surface area contributed by atoms with E-state index in [0.29, 0.717) is 44.7 Å². The Kier molecular flexibility index (Phi) is 8.98. The first-order valence-electron chi connectivity index (χ1n) is 8.95. The fourth-order valence-corrected chi connectivity index (χ4v) is 5.22. The summed E-state index contributed by atoms with van der Waals surface area (Å²) in [4.78, 5) is 12.2. The van der Waals surface area contributed by atoms with Crippen molar-refractivity contribution in [2.24, 2.45) is 11.7 Å². The topological polar surface area (TPSA) is 92.5 Å². The molecule has 1 amide bonds. The molecule has 142 valence electrons. The van der Waals surface area contributed by atoms with Crippen LogP contribution in [0.15, 0.2) is 0 Å². The molecule has 0 radical (unpaired) electrons. The SMILES string of the molecule is CCCS(=O)(=O)N1CCC(NC(=O)CC2CCCCC2N)CC1.Cl. The van der Waals surface area contributed by atoms with Crippen LogP contribution in [0.3, 0.4) is 0 Å². The van der Waals surface area contributed by atoms with Crippen molar-refractivity contribution in [1.29, 1.82) is 0 Å². The molecule has 1 aliphatic heterocycles. The van der Waals surface area contributed by atoms with Crippen LogP contribution >= 0.6 is 12.4 Å². The standard InChI is InChI=1S/C16H31N3O3S.ClH/c1-2-11-23(21,22)19-9-7-14(8-10-19)18-16(20)12-13-5-3-4-6-15(13)17;/h13-15H,2-12,17H2,1H3,(H,18,20);1H. The second-order valence-electron chi connectivity index (χ2n) is 6.97. The van der Waals surface area contributed by atoms with Gasteiger partial charge in [0.05, 0.1) is 5.75 Å². The van der Waals surface area contributed by atoms with E-state index in [-0.39, 0.29) is 36.2 Å². The number of nitrogens with one attached hydrogen (secondary N) is 1. The van der Waals surface area contributed by atoms with Crippen LogP contribution in [0.1, 0.15) is 58.3 Å². The van der Waals surface area contributed by atoms with Crippen LogP contribution in [0.25, 0.3) is 0 Å². The molecule has 0 aromatic heterocycles. The number of halogens is 1. The number of hydrogen-bond donors (Lipinski definition) is 2. The van der Waals surface area contributed by atoms with Crippen LogP contribution in [0, 0.1) is 5.92 Å². The Labute approximate surface area is 152 Å². The van der Waals surface area contributed by atoms with E-state index in [4.69, 9.17) is 5.73 Å². The third-order valence-corrected chi connectivity index (χ3v) is 7.17. The highest BCUT2D eigenvalue weighted by atomic mass is 35.5. The van der Waals surface area contributed by atoms with Crippen LogP contribution in [0.5, 0.6) is 0 Å². The predicted molar refractivity (Wildman–Crippen MR) is 98.6 cm³/mol. The van der Waals surface area contributed by atoms with E-state index in [2.05, 4.69) is 5.32 Å². The zero-order valence-electron chi connectivity index (χ0n) is 14.6. The summed E-state index contributed by atoms with van der Waals surface area (Å²) in [7, 11) is -3.11. The van der Waals surface area contributed by atoms with E-state index < -0.39 is 10.0 Å². The third kappa shape index (κ3) is 6.17. The maximum absolute atomic E-state index is 12.2. The van der Waals surface area contributed by atoms with Gasteiger partial charge in [0.2, 0.25) is 15.9 Å². The average Bonchev–Trinajstić information content (AvgIpc) is 2.50. The Morgan fingerprint density at radius 2 is 1.79 bits per heavy atom. The quantitative estimate of drug-likeness (QED) is 0.731. The van der Waals surface area contributed by atoms with Gasteiger partial charge < -0.3 is 11.1 Å². The molecule has 1 heterocycles. The summed E-state index contributed by atoms with van der Waals surface area (Å²) < 4.78 is 25.6. The van der Waals surface area contributed by atoms with Gasteiger partial charge in [0.25, 0.3) is 0 Å². The second-order valence-corrected chi connectivity index (χ2v) is 9.06. The molecule has 1 saturated heterocycles. The maximum Gasteiger partial charge on any atom is 0.220 e. The highest BCUT2D eigenvalue weighted by Gasteiger charge is 2.29. The van der Waals surface area contributed by atoms with Crippen molar-refractivity contribution in [3.05, 3.63) is 0 Å². The number of nitrogens with two attached hydrogens (primary N) is 1. The Morgan fingerprint density at radius 3 is 2.38 bits per heavy atom. The molecular formula is C16H32ClN3O3S. The minimum Gasteiger partial charge on any atom is -0.353 e. The lowest BCUT2D eigenvalue weighted by atomic mass is 9.83. The van der Waals surface area contributed by atoms with Crippen LogP contribution < -0.4 is 11.1 Å². The molecule has 0 aromatic rings. The molecule has 2 aliphatic rings. The average molecular weight is 382 g/mol. The zero-order valence-corrected chi connectivity index (χ0v) is 16.2. The summed E-state index contributed by atoms with van der Waals surface area (Å²) >= 11 is 0. The van der Waals surface area contributed by atoms with Gasteiger partial charge in [-0.3, -0.25) is 4.79 Å². The summed E-state index contributed by atoms with van der Waals surface area (Å²) in [5.41, 5.74) is 6.10. The number of hydrogen-bond acceptors (Lipinski definition) is 4. The molecule has 2 fully saturated rings. The highest BCUT2D eigenvalue weighted by molar-refractivity contribution is 7.89. The van der Waals surface area contributed by atoms with E-state index in [1.165, 1.54) is 12.8 Å². The van der Waals surface area contributed by atoms with Crippen molar-refractivity contribution < 1.29 is 13.2 Å². The van der Waals surface area contributed by atoms with Gasteiger partial charge >= 0.3 is 0 Å². The van der Waals surface area contributed by atoms with Crippen molar-refractivity contribution in [2.45, 2.75) is 70.4 Å². The molecule has 2 atom stereocenters. The molecular weight excluding hydrogens is 350 g/mol. The van der Waals surface area contributed by atoms with Gasteiger partial charge in [0.15, 0.2) is 0 Å². The second kappa shape index (κ2) is 9.94. The highest BCUT2D eigenvalue weighted by Crippen LogP contribution is 2.25. The smallest absolute Gasteiger partial charge is 0.220 e. The Hall–Kier alpha value is -0.370. The lowest BCUT2D eigenvalue weighted by molar-refractivity contribution is -0.123.